The van der Waals surface area contributed by atoms with Crippen molar-refractivity contribution in [2.75, 3.05) is 0 Å². The summed E-state index contributed by atoms with van der Waals surface area (Å²) < 4.78 is 6.79. The Labute approximate surface area is 124 Å². The van der Waals surface area contributed by atoms with Gasteiger partial charge in [0.05, 0.1) is 10.9 Å². The van der Waals surface area contributed by atoms with Crippen LogP contribution in [-0.2, 0) is 6.61 Å². The molecule has 0 atom stereocenters. The van der Waals surface area contributed by atoms with Crippen molar-refractivity contribution in [2.45, 2.75) is 6.61 Å². The molecule has 0 radical (unpaired) electrons. The van der Waals surface area contributed by atoms with E-state index in [0.29, 0.717) is 17.9 Å². The van der Waals surface area contributed by atoms with Gasteiger partial charge in [0.25, 0.3) is 0 Å². The number of hydrogen-bond donors (Lipinski definition) is 1. The average molecular weight is 330 g/mol. The van der Waals surface area contributed by atoms with Gasteiger partial charge in [0.2, 0.25) is 0 Å². The average Bonchev–Trinajstić information content (AvgIpc) is 2.88. The Morgan fingerprint density at radius 2 is 2.00 bits per heavy atom. The number of nitrogens with one attached hydrogen (secondary N) is 1. The van der Waals surface area contributed by atoms with Gasteiger partial charge in [-0.3, -0.25) is 4.79 Å². The van der Waals surface area contributed by atoms with Gasteiger partial charge in [-0.25, -0.2) is 0 Å². The molecule has 3 rings (SSSR count). The van der Waals surface area contributed by atoms with E-state index in [4.69, 9.17) is 4.74 Å². The molecule has 4 heteroatoms. The Hall–Kier alpha value is -2.07. The fourth-order valence-corrected chi connectivity index (χ4v) is 2.60. The van der Waals surface area contributed by atoms with Gasteiger partial charge in [0, 0.05) is 16.2 Å². The van der Waals surface area contributed by atoms with Gasteiger partial charge >= 0.3 is 0 Å². The first-order valence-corrected chi connectivity index (χ1v) is 7.00. The number of hydrogen-bond acceptors (Lipinski definition) is 2. The third-order valence-electron chi connectivity index (χ3n) is 3.10. The van der Waals surface area contributed by atoms with Crippen molar-refractivity contribution in [3.63, 3.8) is 0 Å². The summed E-state index contributed by atoms with van der Waals surface area (Å²) in [5.41, 5.74) is 2.57. The third kappa shape index (κ3) is 2.47. The molecule has 3 aromatic rings. The molecule has 2 aromatic carbocycles. The number of aromatic nitrogens is 1. The van der Waals surface area contributed by atoms with Crippen LogP contribution in [0.2, 0.25) is 0 Å². The van der Waals surface area contributed by atoms with Crippen molar-refractivity contribution in [2.24, 2.45) is 0 Å². The summed E-state index contributed by atoms with van der Waals surface area (Å²) >= 11 is 3.45. The van der Waals surface area contributed by atoms with Crippen LogP contribution in [0.25, 0.3) is 10.9 Å². The number of H-pyrrole nitrogens is 1. The summed E-state index contributed by atoms with van der Waals surface area (Å²) in [6.07, 6.45) is 2.53. The minimum absolute atomic E-state index is 0.468. The summed E-state index contributed by atoms with van der Waals surface area (Å²) in [6, 6.07) is 13.7. The molecule has 0 bridgehead atoms. The second-order valence-electron chi connectivity index (χ2n) is 4.46. The van der Waals surface area contributed by atoms with E-state index < -0.39 is 0 Å². The van der Waals surface area contributed by atoms with Crippen LogP contribution in [0, 0.1) is 0 Å². The minimum atomic E-state index is 0.468. The topological polar surface area (TPSA) is 42.1 Å². The van der Waals surface area contributed by atoms with Gasteiger partial charge in [-0.2, -0.15) is 0 Å². The maximum Gasteiger partial charge on any atom is 0.152 e. The number of benzene rings is 2. The zero-order valence-corrected chi connectivity index (χ0v) is 12.2. The van der Waals surface area contributed by atoms with Gasteiger partial charge in [-0.15, -0.1) is 0 Å². The van der Waals surface area contributed by atoms with Crippen molar-refractivity contribution in [1.82, 2.24) is 4.98 Å². The molecule has 1 N–H and O–H groups in total. The Bertz CT molecular complexity index is 750. The van der Waals surface area contributed by atoms with Crippen LogP contribution in [0.3, 0.4) is 0 Å². The van der Waals surface area contributed by atoms with Crippen molar-refractivity contribution < 1.29 is 9.53 Å². The number of aromatic amines is 1. The lowest BCUT2D eigenvalue weighted by Gasteiger charge is -2.09. The van der Waals surface area contributed by atoms with E-state index in [9.17, 15) is 4.79 Å². The quantitative estimate of drug-likeness (QED) is 0.724. The number of fused-ring (bicyclic) bond motifs is 1. The number of aldehydes is 1. The SMILES string of the molecule is O=Cc1c[nH]c2cc(Br)cc(OCc3ccccc3)c12. The Morgan fingerprint density at radius 3 is 2.75 bits per heavy atom. The lowest BCUT2D eigenvalue weighted by atomic mass is 10.1. The second kappa shape index (κ2) is 5.51. The van der Waals surface area contributed by atoms with Crippen molar-refractivity contribution in [1.29, 1.82) is 0 Å². The standard InChI is InChI=1S/C16H12BrNO2/c17-13-6-14-16(12(9-19)8-18-14)15(7-13)20-10-11-4-2-1-3-5-11/h1-9,18H,10H2. The smallest absolute Gasteiger partial charge is 0.152 e. The van der Waals surface area contributed by atoms with E-state index >= 15 is 0 Å². The highest BCUT2D eigenvalue weighted by molar-refractivity contribution is 9.10. The normalized spacial score (nSPS) is 10.7. The van der Waals surface area contributed by atoms with Gasteiger partial charge in [0.1, 0.15) is 12.4 Å². The molecule has 0 unspecified atom stereocenters. The van der Waals surface area contributed by atoms with Crippen molar-refractivity contribution >= 4 is 33.1 Å². The van der Waals surface area contributed by atoms with Crippen LogP contribution in [-0.4, -0.2) is 11.3 Å². The van der Waals surface area contributed by atoms with E-state index in [1.807, 2.05) is 42.5 Å². The van der Waals surface area contributed by atoms with Gasteiger partial charge in [-0.1, -0.05) is 46.3 Å². The number of halogens is 1. The maximum absolute atomic E-state index is 11.1. The van der Waals surface area contributed by atoms with E-state index in [1.54, 1.807) is 6.20 Å². The monoisotopic (exact) mass is 329 g/mol. The molecule has 1 heterocycles. The van der Waals surface area contributed by atoms with Crippen molar-refractivity contribution in [3.8, 4) is 5.75 Å². The zero-order chi connectivity index (χ0) is 13.9. The highest BCUT2D eigenvalue weighted by Crippen LogP contribution is 2.32. The first-order chi connectivity index (χ1) is 9.78. The molecule has 0 aliphatic carbocycles. The largest absolute Gasteiger partial charge is 0.488 e. The summed E-state index contributed by atoms with van der Waals surface area (Å²) in [4.78, 5) is 14.2. The Morgan fingerprint density at radius 1 is 1.20 bits per heavy atom. The maximum atomic E-state index is 11.1. The fourth-order valence-electron chi connectivity index (χ4n) is 2.16. The molecule has 0 aliphatic heterocycles. The van der Waals surface area contributed by atoms with E-state index in [-0.39, 0.29) is 0 Å². The van der Waals surface area contributed by atoms with Crippen LogP contribution in [0.15, 0.2) is 53.1 Å². The molecule has 3 nitrogen and oxygen atoms in total. The molecule has 0 spiro atoms. The number of ether oxygens (including phenoxy) is 1. The molecule has 0 aliphatic rings. The lowest BCUT2D eigenvalue weighted by Crippen LogP contribution is -1.96. The zero-order valence-electron chi connectivity index (χ0n) is 10.6. The van der Waals surface area contributed by atoms with Crippen LogP contribution in [0.1, 0.15) is 15.9 Å². The summed E-state index contributed by atoms with van der Waals surface area (Å²) in [5.74, 6) is 0.696. The van der Waals surface area contributed by atoms with Crippen LogP contribution in [0.5, 0.6) is 5.75 Å². The molecule has 1 aromatic heterocycles. The van der Waals surface area contributed by atoms with Gasteiger partial charge < -0.3 is 9.72 Å². The van der Waals surface area contributed by atoms with Gasteiger partial charge in [0.15, 0.2) is 6.29 Å². The molecule has 0 fully saturated rings. The van der Waals surface area contributed by atoms with Crippen LogP contribution >= 0.6 is 15.9 Å². The predicted molar refractivity (Wildman–Crippen MR) is 82.2 cm³/mol. The van der Waals surface area contributed by atoms with Crippen LogP contribution in [0.4, 0.5) is 0 Å². The highest BCUT2D eigenvalue weighted by Gasteiger charge is 2.11. The molecule has 20 heavy (non-hydrogen) atoms. The summed E-state index contributed by atoms with van der Waals surface area (Å²) in [5, 5.41) is 0.819. The molecule has 0 saturated carbocycles. The number of carbonyl (C=O) groups is 1. The summed E-state index contributed by atoms with van der Waals surface area (Å²) in [6.45, 7) is 0.468. The second-order valence-corrected chi connectivity index (χ2v) is 5.38. The fraction of sp³-hybridized carbons (Fsp3) is 0.0625. The molecular formula is C16H12BrNO2. The predicted octanol–water partition coefficient (Wildman–Crippen LogP) is 4.32. The molecule has 100 valence electrons. The van der Waals surface area contributed by atoms with Gasteiger partial charge in [-0.05, 0) is 17.7 Å². The Kier molecular flexibility index (Phi) is 3.56. The van der Waals surface area contributed by atoms with Crippen LogP contribution < -0.4 is 4.74 Å². The Balaban J connectivity index is 1.97. The number of rotatable bonds is 4. The first kappa shape index (κ1) is 12.9. The lowest BCUT2D eigenvalue weighted by molar-refractivity contribution is 0.112. The molecule has 0 saturated heterocycles. The number of carbonyl (C=O) groups excluding carboxylic acids is 1. The molecular weight excluding hydrogens is 318 g/mol. The highest BCUT2D eigenvalue weighted by atomic mass is 79.9. The van der Waals surface area contributed by atoms with E-state index in [0.717, 1.165) is 27.2 Å². The molecule has 0 amide bonds. The third-order valence-corrected chi connectivity index (χ3v) is 3.56. The van der Waals surface area contributed by atoms with Crippen molar-refractivity contribution in [3.05, 3.63) is 64.3 Å². The first-order valence-electron chi connectivity index (χ1n) is 6.20. The summed E-state index contributed by atoms with van der Waals surface area (Å²) in [7, 11) is 0. The van der Waals surface area contributed by atoms with E-state index in [2.05, 4.69) is 20.9 Å². The van der Waals surface area contributed by atoms with E-state index in [1.165, 1.54) is 0 Å². The minimum Gasteiger partial charge on any atom is -0.488 e.